The Morgan fingerprint density at radius 1 is 1.03 bits per heavy atom. The molecule has 1 fully saturated rings. The fourth-order valence-corrected chi connectivity index (χ4v) is 4.58. The van der Waals surface area contributed by atoms with Crippen LogP contribution in [0.5, 0.6) is 0 Å². The van der Waals surface area contributed by atoms with Gasteiger partial charge in [0.1, 0.15) is 6.04 Å². The highest BCUT2D eigenvalue weighted by Gasteiger charge is 2.47. The maximum atomic E-state index is 13.4. The van der Waals surface area contributed by atoms with E-state index >= 15 is 0 Å². The first-order valence-corrected chi connectivity index (χ1v) is 12.0. The molecule has 2 aliphatic rings. The number of nitrogens with zero attached hydrogens (tertiary/aromatic N) is 2. The number of amides is 4. The number of allylic oxidation sites excluding steroid dienone is 2. The maximum absolute atomic E-state index is 13.4. The SMILES string of the molecule is CC[C@@H](C)NC(=O)[C@H](CC)N(Cc1ccccc1)C(=O)CCN1C(=O)[C@H]2CC=CC[C@H]2C1=O. The molecular weight excluding hydrogens is 418 g/mol. The summed E-state index contributed by atoms with van der Waals surface area (Å²) in [6.07, 6.45) is 6.32. The quantitative estimate of drug-likeness (QED) is 0.436. The number of hydrogen-bond acceptors (Lipinski definition) is 4. The monoisotopic (exact) mass is 453 g/mol. The zero-order valence-corrected chi connectivity index (χ0v) is 19.8. The van der Waals surface area contributed by atoms with Crippen LogP contribution in [-0.2, 0) is 25.7 Å². The van der Waals surface area contributed by atoms with Crippen molar-refractivity contribution in [3.8, 4) is 0 Å². The molecule has 0 unspecified atom stereocenters. The number of benzene rings is 1. The summed E-state index contributed by atoms with van der Waals surface area (Å²) < 4.78 is 0. The van der Waals surface area contributed by atoms with Gasteiger partial charge in [0.05, 0.1) is 11.8 Å². The van der Waals surface area contributed by atoms with Crippen LogP contribution in [0, 0.1) is 11.8 Å². The second-order valence-electron chi connectivity index (χ2n) is 8.98. The first-order chi connectivity index (χ1) is 15.9. The summed E-state index contributed by atoms with van der Waals surface area (Å²) in [5, 5.41) is 2.99. The van der Waals surface area contributed by atoms with Crippen molar-refractivity contribution in [2.24, 2.45) is 11.8 Å². The molecule has 1 N–H and O–H groups in total. The second-order valence-corrected chi connectivity index (χ2v) is 8.98. The van der Waals surface area contributed by atoms with Crippen molar-refractivity contribution in [2.75, 3.05) is 6.54 Å². The molecule has 178 valence electrons. The maximum Gasteiger partial charge on any atom is 0.243 e. The van der Waals surface area contributed by atoms with Gasteiger partial charge >= 0.3 is 0 Å². The molecule has 7 heteroatoms. The molecule has 0 radical (unpaired) electrons. The fraction of sp³-hybridized carbons (Fsp3) is 0.538. The number of imide groups is 1. The van der Waals surface area contributed by atoms with Crippen molar-refractivity contribution < 1.29 is 19.2 Å². The van der Waals surface area contributed by atoms with Crippen LogP contribution in [0.15, 0.2) is 42.5 Å². The largest absolute Gasteiger partial charge is 0.352 e. The minimum Gasteiger partial charge on any atom is -0.352 e. The minimum atomic E-state index is -0.622. The van der Waals surface area contributed by atoms with Gasteiger partial charge < -0.3 is 10.2 Å². The highest BCUT2D eigenvalue weighted by Crippen LogP contribution is 2.35. The Balaban J connectivity index is 1.73. The van der Waals surface area contributed by atoms with Crippen LogP contribution in [0.25, 0.3) is 0 Å². The van der Waals surface area contributed by atoms with E-state index < -0.39 is 6.04 Å². The van der Waals surface area contributed by atoms with Gasteiger partial charge in [-0.2, -0.15) is 0 Å². The Bertz CT molecular complexity index is 872. The summed E-state index contributed by atoms with van der Waals surface area (Å²) >= 11 is 0. The molecule has 1 heterocycles. The predicted octanol–water partition coefficient (Wildman–Crippen LogP) is 3.05. The fourth-order valence-electron chi connectivity index (χ4n) is 4.58. The summed E-state index contributed by atoms with van der Waals surface area (Å²) in [5.41, 5.74) is 0.922. The Labute approximate surface area is 196 Å². The molecule has 0 saturated carbocycles. The van der Waals surface area contributed by atoms with Crippen LogP contribution in [0.4, 0.5) is 0 Å². The lowest BCUT2D eigenvalue weighted by Crippen LogP contribution is -2.51. The normalized spacial score (nSPS) is 21.5. The standard InChI is InChI=1S/C26H35N3O4/c1-4-18(3)27-24(31)22(5-2)29(17-19-11-7-6-8-12-19)23(30)15-16-28-25(32)20-13-9-10-14-21(20)26(28)33/h6-12,18,20-22H,4-5,13-17H2,1-3H3,(H,27,31)/t18-,20-,21+,22+/m1/s1. The number of carbonyl (C=O) groups is 4. The number of rotatable bonds is 10. The van der Waals surface area contributed by atoms with Gasteiger partial charge in [0.2, 0.25) is 23.6 Å². The summed E-state index contributed by atoms with van der Waals surface area (Å²) in [7, 11) is 0. The highest BCUT2D eigenvalue weighted by atomic mass is 16.2. The zero-order chi connectivity index (χ0) is 24.0. The van der Waals surface area contributed by atoms with Crippen LogP contribution in [0.1, 0.15) is 58.4 Å². The second kappa shape index (κ2) is 11.3. The van der Waals surface area contributed by atoms with Gasteiger partial charge in [0.15, 0.2) is 0 Å². The van der Waals surface area contributed by atoms with Crippen molar-refractivity contribution in [3.63, 3.8) is 0 Å². The Kier molecular flexibility index (Phi) is 8.42. The number of hydrogen-bond donors (Lipinski definition) is 1. The van der Waals surface area contributed by atoms with E-state index in [4.69, 9.17) is 0 Å². The van der Waals surface area contributed by atoms with Crippen LogP contribution >= 0.6 is 0 Å². The average Bonchev–Trinajstić information content (AvgIpc) is 3.07. The highest BCUT2D eigenvalue weighted by molar-refractivity contribution is 6.05. The Morgan fingerprint density at radius 2 is 1.64 bits per heavy atom. The lowest BCUT2D eigenvalue weighted by atomic mass is 9.85. The Hall–Kier alpha value is -2.96. The van der Waals surface area contributed by atoms with Crippen molar-refractivity contribution in [1.29, 1.82) is 0 Å². The van der Waals surface area contributed by atoms with E-state index in [2.05, 4.69) is 5.32 Å². The first kappa shape index (κ1) is 24.7. The molecule has 0 spiro atoms. The predicted molar refractivity (Wildman–Crippen MR) is 126 cm³/mol. The number of likely N-dealkylation sites (tertiary alicyclic amines) is 1. The molecule has 7 nitrogen and oxygen atoms in total. The van der Waals surface area contributed by atoms with E-state index in [-0.39, 0.29) is 54.5 Å². The lowest BCUT2D eigenvalue weighted by molar-refractivity contribution is -0.144. The third-order valence-electron chi connectivity index (χ3n) is 6.73. The van der Waals surface area contributed by atoms with Gasteiger partial charge in [-0.25, -0.2) is 0 Å². The van der Waals surface area contributed by atoms with Gasteiger partial charge in [-0.05, 0) is 38.2 Å². The zero-order valence-electron chi connectivity index (χ0n) is 19.8. The summed E-state index contributed by atoms with van der Waals surface area (Å²) in [6, 6.07) is 8.93. The minimum absolute atomic E-state index is 0.00426. The van der Waals surface area contributed by atoms with Crippen LogP contribution in [0.3, 0.4) is 0 Å². The van der Waals surface area contributed by atoms with E-state index in [9.17, 15) is 19.2 Å². The number of carbonyl (C=O) groups excluding carboxylic acids is 4. The van der Waals surface area contributed by atoms with Crippen molar-refractivity contribution in [1.82, 2.24) is 15.1 Å². The molecule has 33 heavy (non-hydrogen) atoms. The molecule has 1 aromatic carbocycles. The van der Waals surface area contributed by atoms with Crippen molar-refractivity contribution in [2.45, 2.75) is 71.5 Å². The summed E-state index contributed by atoms with van der Waals surface area (Å²) in [4.78, 5) is 54.7. The average molecular weight is 454 g/mol. The van der Waals surface area contributed by atoms with Gasteiger partial charge in [0, 0.05) is 25.6 Å². The molecule has 3 rings (SSSR count). The van der Waals surface area contributed by atoms with Crippen molar-refractivity contribution >= 4 is 23.6 Å². The van der Waals surface area contributed by atoms with Gasteiger partial charge in [-0.1, -0.05) is 56.3 Å². The van der Waals surface area contributed by atoms with E-state index in [1.165, 1.54) is 4.90 Å². The lowest BCUT2D eigenvalue weighted by Gasteiger charge is -2.32. The molecule has 1 aliphatic heterocycles. The molecule has 0 aromatic heterocycles. The van der Waals surface area contributed by atoms with Gasteiger partial charge in [0.25, 0.3) is 0 Å². The van der Waals surface area contributed by atoms with Gasteiger partial charge in [-0.15, -0.1) is 0 Å². The van der Waals surface area contributed by atoms with E-state index in [0.29, 0.717) is 25.8 Å². The third-order valence-corrected chi connectivity index (χ3v) is 6.73. The summed E-state index contributed by atoms with van der Waals surface area (Å²) in [6.45, 7) is 6.17. The third kappa shape index (κ3) is 5.70. The molecule has 4 amide bonds. The van der Waals surface area contributed by atoms with Crippen LogP contribution in [-0.4, -0.2) is 52.1 Å². The molecule has 0 bridgehead atoms. The van der Waals surface area contributed by atoms with Crippen LogP contribution in [0.2, 0.25) is 0 Å². The van der Waals surface area contributed by atoms with E-state index in [1.54, 1.807) is 4.90 Å². The van der Waals surface area contributed by atoms with Crippen LogP contribution < -0.4 is 5.32 Å². The number of fused-ring (bicyclic) bond motifs is 1. The van der Waals surface area contributed by atoms with Crippen molar-refractivity contribution in [3.05, 3.63) is 48.0 Å². The smallest absolute Gasteiger partial charge is 0.243 e. The number of nitrogens with one attached hydrogen (secondary N) is 1. The summed E-state index contributed by atoms with van der Waals surface area (Å²) in [5.74, 6) is -1.39. The van der Waals surface area contributed by atoms with E-state index in [1.807, 2.05) is 63.3 Å². The molecule has 1 aromatic rings. The molecule has 1 aliphatic carbocycles. The van der Waals surface area contributed by atoms with Gasteiger partial charge in [-0.3, -0.25) is 24.1 Å². The molecular formula is C26H35N3O4. The topological polar surface area (TPSA) is 86.8 Å². The first-order valence-electron chi connectivity index (χ1n) is 12.0. The Morgan fingerprint density at radius 3 is 2.18 bits per heavy atom. The van der Waals surface area contributed by atoms with E-state index in [0.717, 1.165) is 12.0 Å². The molecule has 1 saturated heterocycles. The molecule has 4 atom stereocenters.